The van der Waals surface area contributed by atoms with Crippen molar-refractivity contribution in [1.82, 2.24) is 0 Å². The number of carbonyl (C=O) groups is 2. The highest BCUT2D eigenvalue weighted by Crippen LogP contribution is 2.24. The number of ether oxygens (including phenoxy) is 3. The van der Waals surface area contributed by atoms with Crippen molar-refractivity contribution >= 4 is 23.5 Å². The fourth-order valence-electron chi connectivity index (χ4n) is 2.79. The van der Waals surface area contributed by atoms with E-state index in [0.29, 0.717) is 41.3 Å². The van der Waals surface area contributed by atoms with Gasteiger partial charge in [0.05, 0.1) is 24.3 Å². The first-order chi connectivity index (χ1) is 12.9. The van der Waals surface area contributed by atoms with Crippen LogP contribution in [0.25, 0.3) is 0 Å². The Hall–Kier alpha value is -2.37. The molecule has 2 aromatic carbocycles. The van der Waals surface area contributed by atoms with Crippen LogP contribution < -0.4 is 0 Å². The lowest BCUT2D eigenvalue weighted by molar-refractivity contribution is 0.0261. The molecule has 1 unspecified atom stereocenters. The summed E-state index contributed by atoms with van der Waals surface area (Å²) >= 11 is 6.18. The van der Waals surface area contributed by atoms with Crippen LogP contribution >= 0.6 is 11.6 Å². The number of carbonyl (C=O) groups excluding carboxylic acids is 2. The predicted molar refractivity (Wildman–Crippen MR) is 101 cm³/mol. The second-order valence-electron chi connectivity index (χ2n) is 6.59. The molecule has 0 aliphatic carbocycles. The molecule has 2 aromatic rings. The number of aryl methyl sites for hydroxylation is 2. The lowest BCUT2D eigenvalue weighted by Gasteiger charge is -2.15. The smallest absolute Gasteiger partial charge is 0.338 e. The van der Waals surface area contributed by atoms with E-state index in [4.69, 9.17) is 25.8 Å². The molecule has 0 saturated carbocycles. The van der Waals surface area contributed by atoms with Gasteiger partial charge >= 0.3 is 11.9 Å². The third-order valence-electron chi connectivity index (χ3n) is 4.41. The van der Waals surface area contributed by atoms with Crippen molar-refractivity contribution in [3.63, 3.8) is 0 Å². The molecule has 0 aromatic heterocycles. The first-order valence-corrected chi connectivity index (χ1v) is 9.13. The Kier molecular flexibility index (Phi) is 6.14. The zero-order chi connectivity index (χ0) is 19.4. The van der Waals surface area contributed by atoms with Gasteiger partial charge in [-0.1, -0.05) is 35.4 Å². The lowest BCUT2D eigenvalue weighted by Crippen LogP contribution is -2.20. The molecule has 27 heavy (non-hydrogen) atoms. The quantitative estimate of drug-likeness (QED) is 0.716. The number of benzene rings is 2. The Morgan fingerprint density at radius 1 is 1.15 bits per heavy atom. The highest BCUT2D eigenvalue weighted by atomic mass is 35.5. The van der Waals surface area contributed by atoms with Gasteiger partial charge in [-0.2, -0.15) is 0 Å². The minimum atomic E-state index is -0.492. The van der Waals surface area contributed by atoms with Crippen LogP contribution in [0.4, 0.5) is 0 Å². The van der Waals surface area contributed by atoms with Crippen LogP contribution in [0.2, 0.25) is 5.02 Å². The summed E-state index contributed by atoms with van der Waals surface area (Å²) in [6.45, 7) is 4.69. The van der Waals surface area contributed by atoms with Gasteiger partial charge in [0.2, 0.25) is 0 Å². The molecule has 5 nitrogen and oxygen atoms in total. The SMILES string of the molecule is Cc1ccc(C(=O)OCc2cc(C)c(Cl)cc2C(=O)OC2CCOC2)cc1. The van der Waals surface area contributed by atoms with Crippen molar-refractivity contribution in [3.8, 4) is 0 Å². The second kappa shape index (κ2) is 8.55. The molecular weight excluding hydrogens is 368 g/mol. The van der Waals surface area contributed by atoms with Gasteiger partial charge in [0.15, 0.2) is 0 Å². The summed E-state index contributed by atoms with van der Waals surface area (Å²) in [5.74, 6) is -0.945. The molecule has 0 spiro atoms. The molecule has 0 amide bonds. The van der Waals surface area contributed by atoms with Crippen LogP contribution in [-0.2, 0) is 20.8 Å². The lowest BCUT2D eigenvalue weighted by atomic mass is 10.0. The molecule has 1 heterocycles. The van der Waals surface area contributed by atoms with Crippen LogP contribution in [0, 0.1) is 13.8 Å². The fraction of sp³-hybridized carbons (Fsp3) is 0.333. The van der Waals surface area contributed by atoms with Crippen molar-refractivity contribution in [2.75, 3.05) is 13.2 Å². The molecule has 1 aliphatic rings. The largest absolute Gasteiger partial charge is 0.457 e. The average molecular weight is 389 g/mol. The van der Waals surface area contributed by atoms with Crippen LogP contribution in [0.5, 0.6) is 0 Å². The van der Waals surface area contributed by atoms with Gasteiger partial charge in [-0.05, 0) is 37.6 Å². The Bertz CT molecular complexity index is 838. The van der Waals surface area contributed by atoms with E-state index >= 15 is 0 Å². The predicted octanol–water partition coefficient (Wildman–Crippen LogP) is 4.26. The van der Waals surface area contributed by atoms with E-state index in [1.807, 2.05) is 26.0 Å². The van der Waals surface area contributed by atoms with Gasteiger partial charge in [0.1, 0.15) is 12.7 Å². The normalized spacial score (nSPS) is 16.2. The first-order valence-electron chi connectivity index (χ1n) is 8.75. The maximum Gasteiger partial charge on any atom is 0.338 e. The van der Waals surface area contributed by atoms with E-state index in [9.17, 15) is 9.59 Å². The number of hydrogen-bond donors (Lipinski definition) is 0. The molecule has 1 saturated heterocycles. The zero-order valence-electron chi connectivity index (χ0n) is 15.3. The Balaban J connectivity index is 1.75. The second-order valence-corrected chi connectivity index (χ2v) is 7.00. The van der Waals surface area contributed by atoms with Crippen LogP contribution in [-0.4, -0.2) is 31.3 Å². The molecule has 1 atom stereocenters. The van der Waals surface area contributed by atoms with Crippen molar-refractivity contribution in [2.24, 2.45) is 0 Å². The molecular formula is C21H21ClO5. The summed E-state index contributed by atoms with van der Waals surface area (Å²) in [5.41, 5.74) is 3.16. The number of rotatable bonds is 5. The van der Waals surface area contributed by atoms with E-state index in [1.54, 1.807) is 24.3 Å². The van der Waals surface area contributed by atoms with Gasteiger partial charge in [0.25, 0.3) is 0 Å². The van der Waals surface area contributed by atoms with Crippen LogP contribution in [0.3, 0.4) is 0 Å². The van der Waals surface area contributed by atoms with Crippen LogP contribution in [0.1, 0.15) is 43.8 Å². The summed E-state index contributed by atoms with van der Waals surface area (Å²) in [5, 5.41) is 0.457. The molecule has 3 rings (SSSR count). The molecule has 1 fully saturated rings. The monoisotopic (exact) mass is 388 g/mol. The fourth-order valence-corrected chi connectivity index (χ4v) is 2.95. The third kappa shape index (κ3) is 4.87. The summed E-state index contributed by atoms with van der Waals surface area (Å²) in [4.78, 5) is 24.8. The maximum absolute atomic E-state index is 12.6. The topological polar surface area (TPSA) is 61.8 Å². The van der Waals surface area contributed by atoms with Crippen molar-refractivity contribution in [1.29, 1.82) is 0 Å². The molecule has 6 heteroatoms. The number of esters is 2. The zero-order valence-corrected chi connectivity index (χ0v) is 16.0. The minimum Gasteiger partial charge on any atom is -0.457 e. The van der Waals surface area contributed by atoms with E-state index in [2.05, 4.69) is 0 Å². The third-order valence-corrected chi connectivity index (χ3v) is 4.82. The summed E-state index contributed by atoms with van der Waals surface area (Å²) < 4.78 is 16.1. The summed E-state index contributed by atoms with van der Waals surface area (Å²) in [6, 6.07) is 10.4. The van der Waals surface area contributed by atoms with Gasteiger partial charge in [0, 0.05) is 17.0 Å². The van der Waals surface area contributed by atoms with Crippen molar-refractivity contribution in [2.45, 2.75) is 33.0 Å². The Morgan fingerprint density at radius 2 is 1.89 bits per heavy atom. The first kappa shape index (κ1) is 19.4. The summed E-state index contributed by atoms with van der Waals surface area (Å²) in [7, 11) is 0. The Morgan fingerprint density at radius 3 is 2.56 bits per heavy atom. The van der Waals surface area contributed by atoms with Gasteiger partial charge in [-0.25, -0.2) is 9.59 Å². The van der Waals surface area contributed by atoms with Crippen molar-refractivity contribution in [3.05, 3.63) is 69.2 Å². The minimum absolute atomic E-state index is 0.0453. The molecule has 0 bridgehead atoms. The number of hydrogen-bond acceptors (Lipinski definition) is 5. The standard InChI is InChI=1S/C21H21ClO5/c1-13-3-5-15(6-4-13)20(23)26-11-16-9-14(2)19(22)10-18(16)21(24)27-17-7-8-25-12-17/h3-6,9-10,17H,7-8,11-12H2,1-2H3. The van der Waals surface area contributed by atoms with Gasteiger partial charge in [-0.15, -0.1) is 0 Å². The van der Waals surface area contributed by atoms with E-state index in [0.717, 1.165) is 11.1 Å². The van der Waals surface area contributed by atoms with Gasteiger partial charge < -0.3 is 14.2 Å². The number of halogens is 1. The van der Waals surface area contributed by atoms with Gasteiger partial charge in [-0.3, -0.25) is 0 Å². The Labute approximate surface area is 163 Å². The average Bonchev–Trinajstić information content (AvgIpc) is 3.15. The highest BCUT2D eigenvalue weighted by molar-refractivity contribution is 6.31. The molecule has 0 radical (unpaired) electrons. The molecule has 1 aliphatic heterocycles. The van der Waals surface area contributed by atoms with Crippen molar-refractivity contribution < 1.29 is 23.8 Å². The molecule has 0 N–H and O–H groups in total. The van der Waals surface area contributed by atoms with Crippen LogP contribution in [0.15, 0.2) is 36.4 Å². The summed E-state index contributed by atoms with van der Waals surface area (Å²) in [6.07, 6.45) is 0.406. The molecule has 142 valence electrons. The maximum atomic E-state index is 12.6. The van der Waals surface area contributed by atoms with E-state index in [1.165, 1.54) is 0 Å². The van der Waals surface area contributed by atoms with E-state index < -0.39 is 11.9 Å². The van der Waals surface area contributed by atoms with E-state index in [-0.39, 0.29) is 12.7 Å². The highest BCUT2D eigenvalue weighted by Gasteiger charge is 2.23.